The molecule has 0 bridgehead atoms. The molecule has 1 aromatic heterocycles. The van der Waals surface area contributed by atoms with Crippen LogP contribution in [0.3, 0.4) is 0 Å². The average molecular weight is 506 g/mol. The summed E-state index contributed by atoms with van der Waals surface area (Å²) in [6.45, 7) is 0. The van der Waals surface area contributed by atoms with Gasteiger partial charge in [-0.3, -0.25) is 5.32 Å². The third-order valence-electron chi connectivity index (χ3n) is 8.83. The van der Waals surface area contributed by atoms with Gasteiger partial charge in [-0.1, -0.05) is 130 Å². The summed E-state index contributed by atoms with van der Waals surface area (Å²) in [5.41, 5.74) is 3.15. The molecule has 1 atom stereocenters. The molecule has 0 radical (unpaired) electrons. The molecule has 38 heavy (non-hydrogen) atoms. The molecule has 4 aromatic rings. The van der Waals surface area contributed by atoms with E-state index >= 15 is 0 Å². The van der Waals surface area contributed by atoms with Crippen LogP contribution in [0.15, 0.2) is 91.0 Å². The van der Waals surface area contributed by atoms with E-state index in [4.69, 9.17) is 5.10 Å². The third kappa shape index (κ3) is 4.92. The molecule has 6 rings (SSSR count). The fourth-order valence-corrected chi connectivity index (χ4v) is 6.90. The lowest BCUT2D eigenvalue weighted by molar-refractivity contribution is 0.215. The number of rotatable bonds is 8. The minimum atomic E-state index is -0.546. The molecule has 1 N–H and O–H groups in total. The van der Waals surface area contributed by atoms with Crippen LogP contribution in [0, 0.1) is 5.92 Å². The summed E-state index contributed by atoms with van der Waals surface area (Å²) in [5.74, 6) is 1.49. The number of nitrogens with one attached hydrogen (secondary N) is 1. The quantitative estimate of drug-likeness (QED) is 0.254. The van der Waals surface area contributed by atoms with Crippen molar-refractivity contribution in [1.82, 2.24) is 25.5 Å². The molecule has 2 saturated carbocycles. The van der Waals surface area contributed by atoms with Crippen molar-refractivity contribution in [1.29, 1.82) is 0 Å². The van der Waals surface area contributed by atoms with Crippen molar-refractivity contribution < 1.29 is 0 Å². The second kappa shape index (κ2) is 11.6. The summed E-state index contributed by atoms with van der Waals surface area (Å²) in [7, 11) is 0. The fourth-order valence-electron chi connectivity index (χ4n) is 6.90. The molecule has 2 aliphatic carbocycles. The van der Waals surface area contributed by atoms with Crippen LogP contribution in [0.25, 0.3) is 0 Å². The number of aromatic nitrogens is 4. The number of hydrogen-bond acceptors (Lipinski definition) is 4. The van der Waals surface area contributed by atoms with Crippen molar-refractivity contribution in [2.45, 2.75) is 81.8 Å². The summed E-state index contributed by atoms with van der Waals surface area (Å²) >= 11 is 0. The Hall–Kier alpha value is -3.31. The van der Waals surface area contributed by atoms with Crippen molar-refractivity contribution in [3.63, 3.8) is 0 Å². The van der Waals surface area contributed by atoms with Crippen LogP contribution >= 0.6 is 0 Å². The molecule has 5 heteroatoms. The summed E-state index contributed by atoms with van der Waals surface area (Å²) < 4.78 is 2.19. The predicted octanol–water partition coefficient (Wildman–Crippen LogP) is 7.38. The highest BCUT2D eigenvalue weighted by molar-refractivity contribution is 5.49. The van der Waals surface area contributed by atoms with Gasteiger partial charge in [-0.05, 0) is 58.7 Å². The van der Waals surface area contributed by atoms with Gasteiger partial charge < -0.3 is 0 Å². The topological polar surface area (TPSA) is 55.6 Å². The molecule has 0 saturated heterocycles. The molecular formula is C33H39N5. The SMILES string of the molecule is c1ccc(C(NC(c2nnnn2C2CCCCC2)C2CCCCC2)(c2ccccc2)c2ccccc2)cc1. The Labute approximate surface area is 226 Å². The molecule has 0 aliphatic heterocycles. The van der Waals surface area contributed by atoms with Gasteiger partial charge >= 0.3 is 0 Å². The van der Waals surface area contributed by atoms with Gasteiger partial charge in [0.2, 0.25) is 0 Å². The largest absolute Gasteiger partial charge is 0.290 e. The van der Waals surface area contributed by atoms with Crippen LogP contribution in [0.5, 0.6) is 0 Å². The van der Waals surface area contributed by atoms with Crippen LogP contribution in [0.4, 0.5) is 0 Å². The van der Waals surface area contributed by atoms with Gasteiger partial charge in [-0.25, -0.2) is 4.68 Å². The Bertz CT molecular complexity index is 1160. The van der Waals surface area contributed by atoms with Gasteiger partial charge in [-0.2, -0.15) is 0 Å². The normalized spacial score (nSPS) is 18.3. The van der Waals surface area contributed by atoms with Gasteiger partial charge in [0, 0.05) is 0 Å². The average Bonchev–Trinajstić information content (AvgIpc) is 3.50. The van der Waals surface area contributed by atoms with E-state index in [1.54, 1.807) is 0 Å². The molecule has 2 fully saturated rings. The molecule has 3 aromatic carbocycles. The van der Waals surface area contributed by atoms with Crippen molar-refractivity contribution in [3.05, 3.63) is 114 Å². The Morgan fingerprint density at radius 3 is 1.61 bits per heavy atom. The van der Waals surface area contributed by atoms with E-state index in [9.17, 15) is 0 Å². The Balaban J connectivity index is 1.53. The highest BCUT2D eigenvalue weighted by Gasteiger charge is 2.42. The van der Waals surface area contributed by atoms with Crippen LogP contribution in [-0.4, -0.2) is 20.2 Å². The summed E-state index contributed by atoms with van der Waals surface area (Å²) in [6.07, 6.45) is 12.4. The second-order valence-electron chi connectivity index (χ2n) is 11.1. The Kier molecular flexibility index (Phi) is 7.64. The van der Waals surface area contributed by atoms with E-state index in [0.717, 1.165) is 18.7 Å². The standard InChI is InChI=1S/C33H39N5/c1-6-16-26(17-7-1)31(32-35-36-37-38(32)30-24-14-5-15-25-30)34-33(27-18-8-2-9-19-27,28-20-10-3-11-21-28)29-22-12-4-13-23-29/h2-4,8-13,18-23,26,30-31,34H,1,5-7,14-17,24-25H2. The zero-order chi connectivity index (χ0) is 25.6. The monoisotopic (exact) mass is 505 g/mol. The second-order valence-corrected chi connectivity index (χ2v) is 11.1. The molecule has 1 heterocycles. The number of nitrogens with zero attached hydrogens (tertiary/aromatic N) is 4. The van der Waals surface area contributed by atoms with Crippen LogP contribution in [0.1, 0.15) is 98.8 Å². The van der Waals surface area contributed by atoms with E-state index in [0.29, 0.717) is 12.0 Å². The van der Waals surface area contributed by atoms with Crippen LogP contribution in [0.2, 0.25) is 0 Å². The maximum absolute atomic E-state index is 4.77. The van der Waals surface area contributed by atoms with Gasteiger partial charge in [0.05, 0.1) is 17.6 Å². The summed E-state index contributed by atoms with van der Waals surface area (Å²) in [4.78, 5) is 0. The van der Waals surface area contributed by atoms with E-state index in [1.165, 1.54) is 68.1 Å². The lowest BCUT2D eigenvalue weighted by atomic mass is 9.74. The fraction of sp³-hybridized carbons (Fsp3) is 0.424. The zero-order valence-electron chi connectivity index (χ0n) is 22.3. The lowest BCUT2D eigenvalue weighted by Crippen LogP contribution is -2.49. The predicted molar refractivity (Wildman–Crippen MR) is 152 cm³/mol. The minimum Gasteiger partial charge on any atom is -0.290 e. The number of tetrazole rings is 1. The first kappa shape index (κ1) is 25.0. The van der Waals surface area contributed by atoms with E-state index in [1.807, 2.05) is 0 Å². The smallest absolute Gasteiger partial charge is 0.168 e. The van der Waals surface area contributed by atoms with E-state index < -0.39 is 5.54 Å². The number of hydrogen-bond donors (Lipinski definition) is 1. The summed E-state index contributed by atoms with van der Waals surface area (Å²) in [6, 6.07) is 33.2. The molecule has 196 valence electrons. The van der Waals surface area contributed by atoms with Crippen molar-refractivity contribution in [2.24, 2.45) is 5.92 Å². The van der Waals surface area contributed by atoms with Crippen molar-refractivity contribution >= 4 is 0 Å². The summed E-state index contributed by atoms with van der Waals surface area (Å²) in [5, 5.41) is 18.0. The molecular weight excluding hydrogens is 466 g/mol. The Morgan fingerprint density at radius 2 is 1.11 bits per heavy atom. The molecule has 1 unspecified atom stereocenters. The van der Waals surface area contributed by atoms with Crippen molar-refractivity contribution in [3.8, 4) is 0 Å². The van der Waals surface area contributed by atoms with Crippen LogP contribution in [-0.2, 0) is 5.54 Å². The third-order valence-corrected chi connectivity index (χ3v) is 8.83. The first-order chi connectivity index (χ1) is 18.9. The lowest BCUT2D eigenvalue weighted by Gasteiger charge is -2.43. The Morgan fingerprint density at radius 1 is 0.632 bits per heavy atom. The van der Waals surface area contributed by atoms with Gasteiger partial charge in [0.1, 0.15) is 0 Å². The molecule has 0 spiro atoms. The first-order valence-corrected chi connectivity index (χ1v) is 14.6. The van der Waals surface area contributed by atoms with E-state index in [2.05, 4.69) is 111 Å². The highest BCUT2D eigenvalue weighted by Crippen LogP contribution is 2.43. The maximum atomic E-state index is 4.77. The zero-order valence-corrected chi connectivity index (χ0v) is 22.3. The van der Waals surface area contributed by atoms with Crippen LogP contribution < -0.4 is 5.32 Å². The molecule has 5 nitrogen and oxygen atoms in total. The van der Waals surface area contributed by atoms with Gasteiger partial charge in [-0.15, -0.1) is 5.10 Å². The van der Waals surface area contributed by atoms with Crippen molar-refractivity contribution in [2.75, 3.05) is 0 Å². The maximum Gasteiger partial charge on any atom is 0.168 e. The molecule has 0 amide bonds. The first-order valence-electron chi connectivity index (χ1n) is 14.6. The minimum absolute atomic E-state index is 0.0350. The highest BCUT2D eigenvalue weighted by atomic mass is 15.6. The molecule has 2 aliphatic rings. The van der Waals surface area contributed by atoms with E-state index in [-0.39, 0.29) is 6.04 Å². The van der Waals surface area contributed by atoms with Gasteiger partial charge in [0.25, 0.3) is 0 Å². The van der Waals surface area contributed by atoms with Gasteiger partial charge in [0.15, 0.2) is 5.82 Å². The number of benzene rings is 3.